The molecule has 21 heavy (non-hydrogen) atoms. The van der Waals surface area contributed by atoms with Gasteiger partial charge in [0.05, 0.1) is 18.7 Å². The lowest BCUT2D eigenvalue weighted by Crippen LogP contribution is -2.35. The van der Waals surface area contributed by atoms with E-state index in [0.29, 0.717) is 12.5 Å². The van der Waals surface area contributed by atoms with Gasteiger partial charge in [-0.15, -0.1) is 0 Å². The molecule has 0 aliphatic carbocycles. The highest BCUT2D eigenvalue weighted by atomic mass is 16.3. The molecule has 1 aliphatic heterocycles. The Morgan fingerprint density at radius 2 is 2.05 bits per heavy atom. The molecule has 0 spiro atoms. The Bertz CT molecular complexity index is 566. The fourth-order valence-electron chi connectivity index (χ4n) is 2.89. The van der Waals surface area contributed by atoms with E-state index >= 15 is 0 Å². The second-order valence-electron chi connectivity index (χ2n) is 5.51. The third kappa shape index (κ3) is 3.52. The van der Waals surface area contributed by atoms with Crippen LogP contribution in [0.3, 0.4) is 0 Å². The molecular weight excluding hydrogens is 264 g/mol. The summed E-state index contributed by atoms with van der Waals surface area (Å²) in [7, 11) is 0. The first kappa shape index (κ1) is 13.9. The smallest absolute Gasteiger partial charge is 0.225 e. The van der Waals surface area contributed by atoms with Crippen molar-refractivity contribution in [2.24, 2.45) is 11.8 Å². The average Bonchev–Trinajstić information content (AvgIpc) is 3.17. The van der Waals surface area contributed by atoms with E-state index in [1.807, 2.05) is 30.3 Å². The molecule has 1 amide bonds. The summed E-state index contributed by atoms with van der Waals surface area (Å²) in [6, 6.07) is 14.1. The number of rotatable bonds is 5. The van der Waals surface area contributed by atoms with Crippen molar-refractivity contribution in [3.8, 4) is 0 Å². The van der Waals surface area contributed by atoms with Crippen molar-refractivity contribution >= 4 is 5.91 Å². The van der Waals surface area contributed by atoms with E-state index in [9.17, 15) is 4.79 Å². The Balaban J connectivity index is 1.57. The molecule has 2 heterocycles. The maximum atomic E-state index is 12.3. The van der Waals surface area contributed by atoms with Crippen molar-refractivity contribution in [1.82, 2.24) is 10.6 Å². The third-order valence-corrected chi connectivity index (χ3v) is 4.03. The van der Waals surface area contributed by atoms with E-state index in [4.69, 9.17) is 4.42 Å². The van der Waals surface area contributed by atoms with Gasteiger partial charge in [-0.25, -0.2) is 0 Å². The zero-order chi connectivity index (χ0) is 14.5. The van der Waals surface area contributed by atoms with Crippen LogP contribution in [-0.4, -0.2) is 19.0 Å². The molecular formula is C17H20N2O2. The number of hydrogen-bond acceptors (Lipinski definition) is 3. The molecule has 1 saturated heterocycles. The normalized spacial score (nSPS) is 21.3. The Morgan fingerprint density at radius 3 is 2.81 bits per heavy atom. The lowest BCUT2D eigenvalue weighted by atomic mass is 9.89. The lowest BCUT2D eigenvalue weighted by Gasteiger charge is -2.18. The number of hydrogen-bond donors (Lipinski definition) is 2. The van der Waals surface area contributed by atoms with Gasteiger partial charge >= 0.3 is 0 Å². The topological polar surface area (TPSA) is 54.3 Å². The van der Waals surface area contributed by atoms with Gasteiger partial charge in [0.2, 0.25) is 5.91 Å². The summed E-state index contributed by atoms with van der Waals surface area (Å²) < 4.78 is 5.24. The molecule has 4 nitrogen and oxygen atoms in total. The molecule has 0 radical (unpaired) electrons. The predicted molar refractivity (Wildman–Crippen MR) is 80.6 cm³/mol. The molecule has 0 saturated carbocycles. The van der Waals surface area contributed by atoms with Gasteiger partial charge in [0, 0.05) is 6.54 Å². The monoisotopic (exact) mass is 284 g/mol. The van der Waals surface area contributed by atoms with Gasteiger partial charge in [0.25, 0.3) is 0 Å². The molecule has 2 N–H and O–H groups in total. The molecule has 4 heteroatoms. The summed E-state index contributed by atoms with van der Waals surface area (Å²) in [5, 5.41) is 6.30. The summed E-state index contributed by atoms with van der Waals surface area (Å²) in [5.41, 5.74) is 1.29. The maximum Gasteiger partial charge on any atom is 0.225 e. The van der Waals surface area contributed by atoms with Crippen LogP contribution in [0.2, 0.25) is 0 Å². The van der Waals surface area contributed by atoms with Crippen LogP contribution < -0.4 is 10.6 Å². The fourth-order valence-corrected chi connectivity index (χ4v) is 2.89. The Morgan fingerprint density at radius 1 is 1.19 bits per heavy atom. The van der Waals surface area contributed by atoms with Crippen LogP contribution in [0.15, 0.2) is 53.1 Å². The second-order valence-corrected chi connectivity index (χ2v) is 5.51. The first-order valence-electron chi connectivity index (χ1n) is 7.37. The van der Waals surface area contributed by atoms with Gasteiger partial charge in [0.15, 0.2) is 0 Å². The quantitative estimate of drug-likeness (QED) is 0.882. The summed E-state index contributed by atoms with van der Waals surface area (Å²) >= 11 is 0. The Kier molecular flexibility index (Phi) is 4.36. The minimum Gasteiger partial charge on any atom is -0.467 e. The molecule has 110 valence electrons. The third-order valence-electron chi connectivity index (χ3n) is 4.03. The summed E-state index contributed by atoms with van der Waals surface area (Å²) in [5.74, 6) is 1.27. The molecule has 1 aliphatic rings. The number of nitrogens with one attached hydrogen (secondary N) is 2. The van der Waals surface area contributed by atoms with Gasteiger partial charge in [-0.1, -0.05) is 30.3 Å². The molecule has 2 atom stereocenters. The SMILES string of the molecule is O=C(NCc1ccco1)[C@@H]1CNC[C@H]1Cc1ccccc1. The van der Waals surface area contributed by atoms with Crippen LogP contribution in [0.1, 0.15) is 11.3 Å². The highest BCUT2D eigenvalue weighted by Gasteiger charge is 2.32. The van der Waals surface area contributed by atoms with E-state index in [1.165, 1.54) is 5.56 Å². The summed E-state index contributed by atoms with van der Waals surface area (Å²) in [6.45, 7) is 2.11. The van der Waals surface area contributed by atoms with Crippen molar-refractivity contribution < 1.29 is 9.21 Å². The standard InChI is InChI=1S/C17H20N2O2/c20-17(19-11-15-7-4-8-21-15)16-12-18-10-14(16)9-13-5-2-1-3-6-13/h1-8,14,16,18H,9-12H2,(H,19,20)/t14-,16-/m1/s1. The molecule has 3 rings (SSSR count). The van der Waals surface area contributed by atoms with Crippen LogP contribution in [0.25, 0.3) is 0 Å². The lowest BCUT2D eigenvalue weighted by molar-refractivity contribution is -0.125. The summed E-state index contributed by atoms with van der Waals surface area (Å²) in [4.78, 5) is 12.3. The molecule has 1 fully saturated rings. The maximum absolute atomic E-state index is 12.3. The van der Waals surface area contributed by atoms with E-state index in [-0.39, 0.29) is 11.8 Å². The van der Waals surface area contributed by atoms with Crippen molar-refractivity contribution in [1.29, 1.82) is 0 Å². The minimum absolute atomic E-state index is 0.0279. The van der Waals surface area contributed by atoms with Gasteiger partial charge in [-0.05, 0) is 36.6 Å². The molecule has 0 unspecified atom stereocenters. The first-order valence-corrected chi connectivity index (χ1v) is 7.37. The number of carbonyl (C=O) groups is 1. The number of carbonyl (C=O) groups excluding carboxylic acids is 1. The zero-order valence-corrected chi connectivity index (χ0v) is 11.9. The van der Waals surface area contributed by atoms with Gasteiger partial charge in [-0.2, -0.15) is 0 Å². The molecule has 0 bridgehead atoms. The van der Waals surface area contributed by atoms with Crippen LogP contribution >= 0.6 is 0 Å². The predicted octanol–water partition coefficient (Wildman–Crippen LogP) is 1.97. The van der Waals surface area contributed by atoms with E-state index in [1.54, 1.807) is 6.26 Å². The first-order chi connectivity index (χ1) is 10.3. The van der Waals surface area contributed by atoms with Gasteiger partial charge in [0.1, 0.15) is 5.76 Å². The van der Waals surface area contributed by atoms with E-state index < -0.39 is 0 Å². The minimum atomic E-state index is 0.0279. The number of benzene rings is 1. The number of amides is 1. The van der Waals surface area contributed by atoms with Crippen molar-refractivity contribution in [2.75, 3.05) is 13.1 Å². The van der Waals surface area contributed by atoms with Gasteiger partial charge in [-0.3, -0.25) is 4.79 Å². The van der Waals surface area contributed by atoms with Gasteiger partial charge < -0.3 is 15.1 Å². The van der Waals surface area contributed by atoms with Crippen LogP contribution in [0.4, 0.5) is 0 Å². The van der Waals surface area contributed by atoms with Crippen molar-refractivity contribution in [3.05, 3.63) is 60.1 Å². The summed E-state index contributed by atoms with van der Waals surface area (Å²) in [6.07, 6.45) is 2.56. The van der Waals surface area contributed by atoms with Crippen molar-refractivity contribution in [3.63, 3.8) is 0 Å². The zero-order valence-electron chi connectivity index (χ0n) is 11.9. The molecule has 1 aromatic carbocycles. The Hall–Kier alpha value is -2.07. The second kappa shape index (κ2) is 6.59. The number of furan rings is 1. The Labute approximate surface area is 124 Å². The average molecular weight is 284 g/mol. The molecule has 2 aromatic rings. The van der Waals surface area contributed by atoms with Crippen molar-refractivity contribution in [2.45, 2.75) is 13.0 Å². The fraction of sp³-hybridized carbons (Fsp3) is 0.353. The van der Waals surface area contributed by atoms with E-state index in [2.05, 4.69) is 22.8 Å². The largest absolute Gasteiger partial charge is 0.467 e. The highest BCUT2D eigenvalue weighted by molar-refractivity contribution is 5.79. The highest BCUT2D eigenvalue weighted by Crippen LogP contribution is 2.22. The van der Waals surface area contributed by atoms with Crippen LogP contribution in [0.5, 0.6) is 0 Å². The van der Waals surface area contributed by atoms with E-state index in [0.717, 1.165) is 25.3 Å². The molecule has 1 aromatic heterocycles. The van der Waals surface area contributed by atoms with Crippen LogP contribution in [0, 0.1) is 11.8 Å². The van der Waals surface area contributed by atoms with Crippen LogP contribution in [-0.2, 0) is 17.8 Å².